The van der Waals surface area contributed by atoms with Gasteiger partial charge in [-0.3, -0.25) is 4.79 Å². The standard InChI is InChI=1S/C15H19N3O5S/c1-22-11-6-3-5-10(9-11)13-14-12(15(19)17-16-13)7-4-8-18(14)23-24(2,20)21/h3,5-6,9,12,14H,4,7-8H2,1-2H3,(H,17,19). The van der Waals surface area contributed by atoms with Crippen LogP contribution in [0.3, 0.4) is 0 Å². The van der Waals surface area contributed by atoms with Crippen LogP contribution in [0.2, 0.25) is 0 Å². The number of hydrogen-bond acceptors (Lipinski definition) is 7. The second-order valence-corrected chi connectivity index (χ2v) is 7.38. The third-order valence-corrected chi connectivity index (χ3v) is 4.55. The zero-order chi connectivity index (χ0) is 17.3. The molecule has 2 atom stereocenters. The molecule has 8 nitrogen and oxygen atoms in total. The van der Waals surface area contributed by atoms with Crippen LogP contribution in [-0.4, -0.2) is 51.1 Å². The van der Waals surface area contributed by atoms with E-state index in [1.807, 2.05) is 12.1 Å². The maximum atomic E-state index is 12.2. The number of carbonyl (C=O) groups is 1. The summed E-state index contributed by atoms with van der Waals surface area (Å²) in [5.41, 5.74) is 3.83. The van der Waals surface area contributed by atoms with E-state index in [1.54, 1.807) is 19.2 Å². The van der Waals surface area contributed by atoms with Gasteiger partial charge < -0.3 is 4.74 Å². The summed E-state index contributed by atoms with van der Waals surface area (Å²) in [7, 11) is -2.13. The summed E-state index contributed by atoms with van der Waals surface area (Å²) in [6, 6.07) is 6.68. The lowest BCUT2D eigenvalue weighted by Crippen LogP contribution is -2.57. The molecule has 0 aromatic heterocycles. The molecular weight excluding hydrogens is 334 g/mol. The van der Waals surface area contributed by atoms with Crippen LogP contribution in [-0.2, 0) is 19.2 Å². The summed E-state index contributed by atoms with van der Waals surface area (Å²) >= 11 is 0. The van der Waals surface area contributed by atoms with E-state index < -0.39 is 22.1 Å². The van der Waals surface area contributed by atoms with Gasteiger partial charge in [0.2, 0.25) is 5.91 Å². The summed E-state index contributed by atoms with van der Waals surface area (Å²) < 4.78 is 33.5. The number of benzene rings is 1. The number of methoxy groups -OCH3 is 1. The topological polar surface area (TPSA) is 97.3 Å². The van der Waals surface area contributed by atoms with Crippen molar-refractivity contribution in [2.75, 3.05) is 19.9 Å². The minimum atomic E-state index is -3.70. The van der Waals surface area contributed by atoms with Gasteiger partial charge in [-0.25, -0.2) is 5.43 Å². The zero-order valence-corrected chi connectivity index (χ0v) is 14.2. The van der Waals surface area contributed by atoms with Gasteiger partial charge in [-0.1, -0.05) is 12.1 Å². The second-order valence-electron chi connectivity index (χ2n) is 5.82. The van der Waals surface area contributed by atoms with Gasteiger partial charge in [0.05, 0.1) is 31.0 Å². The van der Waals surface area contributed by atoms with E-state index in [0.29, 0.717) is 30.8 Å². The van der Waals surface area contributed by atoms with Gasteiger partial charge in [0.25, 0.3) is 10.1 Å². The Morgan fingerprint density at radius 3 is 2.88 bits per heavy atom. The third kappa shape index (κ3) is 3.42. The van der Waals surface area contributed by atoms with Crippen LogP contribution < -0.4 is 10.2 Å². The van der Waals surface area contributed by atoms with Crippen molar-refractivity contribution in [3.63, 3.8) is 0 Å². The molecule has 3 rings (SSSR count). The smallest absolute Gasteiger partial charge is 0.280 e. The molecule has 0 spiro atoms. The highest BCUT2D eigenvalue weighted by atomic mass is 32.2. The van der Waals surface area contributed by atoms with Crippen molar-refractivity contribution in [3.05, 3.63) is 29.8 Å². The molecule has 2 unspecified atom stereocenters. The first kappa shape index (κ1) is 16.9. The number of nitrogens with one attached hydrogen (secondary N) is 1. The normalized spacial score (nSPS) is 24.8. The van der Waals surface area contributed by atoms with Crippen molar-refractivity contribution in [2.45, 2.75) is 18.9 Å². The Kier molecular flexibility index (Phi) is 4.57. The second kappa shape index (κ2) is 6.50. The quantitative estimate of drug-likeness (QED) is 0.847. The first-order valence-corrected chi connectivity index (χ1v) is 9.39. The number of hydrogen-bond donors (Lipinski definition) is 1. The average molecular weight is 353 g/mol. The maximum absolute atomic E-state index is 12.2. The highest BCUT2D eigenvalue weighted by molar-refractivity contribution is 7.85. The zero-order valence-electron chi connectivity index (χ0n) is 13.4. The molecule has 0 radical (unpaired) electrons. The summed E-state index contributed by atoms with van der Waals surface area (Å²) in [5, 5.41) is 5.51. The molecule has 9 heteroatoms. The van der Waals surface area contributed by atoms with E-state index in [9.17, 15) is 13.2 Å². The van der Waals surface area contributed by atoms with Gasteiger partial charge in [0.15, 0.2) is 0 Å². The van der Waals surface area contributed by atoms with Crippen LogP contribution in [0.1, 0.15) is 18.4 Å². The van der Waals surface area contributed by atoms with E-state index in [0.717, 1.165) is 11.8 Å². The number of rotatable bonds is 4. The lowest BCUT2D eigenvalue weighted by molar-refractivity contribution is -0.142. The monoisotopic (exact) mass is 353 g/mol. The van der Waals surface area contributed by atoms with Gasteiger partial charge in [0, 0.05) is 12.1 Å². The lowest BCUT2D eigenvalue weighted by atomic mass is 9.83. The molecule has 0 aliphatic carbocycles. The molecule has 24 heavy (non-hydrogen) atoms. The molecule has 2 heterocycles. The molecule has 0 saturated carbocycles. The van der Waals surface area contributed by atoms with Crippen molar-refractivity contribution >= 4 is 21.7 Å². The third-order valence-electron chi connectivity index (χ3n) is 4.09. The SMILES string of the molecule is COc1cccc(C2=NNC(=O)C3CCCN(OS(C)(=O)=O)C23)c1. The Hall–Kier alpha value is -1.97. The molecule has 1 amide bonds. The van der Waals surface area contributed by atoms with E-state index in [2.05, 4.69) is 10.5 Å². The fourth-order valence-electron chi connectivity index (χ4n) is 3.11. The van der Waals surface area contributed by atoms with E-state index >= 15 is 0 Å². The minimum absolute atomic E-state index is 0.228. The predicted molar refractivity (Wildman–Crippen MR) is 86.8 cm³/mol. The van der Waals surface area contributed by atoms with Crippen molar-refractivity contribution in [1.82, 2.24) is 10.5 Å². The summed E-state index contributed by atoms with van der Waals surface area (Å²) in [4.78, 5) is 12.2. The van der Waals surface area contributed by atoms with Crippen molar-refractivity contribution in [3.8, 4) is 5.75 Å². The van der Waals surface area contributed by atoms with E-state index in [-0.39, 0.29) is 5.91 Å². The molecular formula is C15H19N3O5S. The Morgan fingerprint density at radius 1 is 1.38 bits per heavy atom. The number of hydroxylamine groups is 2. The molecule has 2 aliphatic heterocycles. The summed E-state index contributed by atoms with van der Waals surface area (Å²) in [6.07, 6.45) is 2.29. The number of amides is 1. The molecule has 130 valence electrons. The molecule has 1 fully saturated rings. The first-order chi connectivity index (χ1) is 11.4. The Balaban J connectivity index is 2.01. The molecule has 1 aromatic rings. The first-order valence-electron chi connectivity index (χ1n) is 7.57. The van der Waals surface area contributed by atoms with Crippen LogP contribution in [0.25, 0.3) is 0 Å². The number of carbonyl (C=O) groups excluding carboxylic acids is 1. The number of piperidine rings is 1. The molecule has 1 saturated heterocycles. The Bertz CT molecular complexity index is 777. The van der Waals surface area contributed by atoms with Gasteiger partial charge in [-0.15, -0.1) is 0 Å². The van der Waals surface area contributed by atoms with Crippen LogP contribution in [0, 0.1) is 5.92 Å². The summed E-state index contributed by atoms with van der Waals surface area (Å²) in [6.45, 7) is 0.407. The van der Waals surface area contributed by atoms with Crippen molar-refractivity contribution in [1.29, 1.82) is 0 Å². The van der Waals surface area contributed by atoms with Crippen LogP contribution in [0.5, 0.6) is 5.75 Å². The van der Waals surface area contributed by atoms with Gasteiger partial charge in [0.1, 0.15) is 5.75 Å². The van der Waals surface area contributed by atoms with E-state index in [1.165, 1.54) is 5.06 Å². The van der Waals surface area contributed by atoms with Crippen molar-refractivity contribution < 1.29 is 22.2 Å². The van der Waals surface area contributed by atoms with Gasteiger partial charge >= 0.3 is 0 Å². The largest absolute Gasteiger partial charge is 0.497 e. The van der Waals surface area contributed by atoms with Gasteiger partial charge in [-0.2, -0.15) is 22.9 Å². The fourth-order valence-corrected chi connectivity index (χ4v) is 3.62. The summed E-state index contributed by atoms with van der Waals surface area (Å²) in [5.74, 6) is 0.00249. The van der Waals surface area contributed by atoms with Crippen LogP contribution in [0.15, 0.2) is 29.4 Å². The van der Waals surface area contributed by atoms with Crippen LogP contribution in [0.4, 0.5) is 0 Å². The highest BCUT2D eigenvalue weighted by Gasteiger charge is 2.44. The minimum Gasteiger partial charge on any atom is -0.497 e. The van der Waals surface area contributed by atoms with Gasteiger partial charge in [-0.05, 0) is 25.0 Å². The Labute approximate surface area is 140 Å². The maximum Gasteiger partial charge on any atom is 0.280 e. The predicted octanol–water partition coefficient (Wildman–Crippen LogP) is 0.501. The Morgan fingerprint density at radius 2 is 2.17 bits per heavy atom. The van der Waals surface area contributed by atoms with Crippen LogP contribution >= 0.6 is 0 Å². The molecule has 2 aliphatic rings. The fraction of sp³-hybridized carbons (Fsp3) is 0.467. The number of nitrogens with zero attached hydrogens (tertiary/aromatic N) is 2. The molecule has 1 N–H and O–H groups in total. The lowest BCUT2D eigenvalue weighted by Gasteiger charge is -2.40. The van der Waals surface area contributed by atoms with E-state index in [4.69, 9.17) is 9.02 Å². The number of hydrazone groups is 1. The molecule has 0 bridgehead atoms. The number of fused-ring (bicyclic) bond motifs is 1. The average Bonchev–Trinajstić information content (AvgIpc) is 2.54. The molecule has 1 aromatic carbocycles. The highest BCUT2D eigenvalue weighted by Crippen LogP contribution is 2.31. The number of ether oxygens (including phenoxy) is 1. The van der Waals surface area contributed by atoms with Crippen molar-refractivity contribution in [2.24, 2.45) is 11.0 Å².